The first-order chi connectivity index (χ1) is 10.1. The van der Waals surface area contributed by atoms with Gasteiger partial charge in [0.05, 0.1) is 6.21 Å². The van der Waals surface area contributed by atoms with E-state index in [9.17, 15) is 9.90 Å². The Bertz CT molecular complexity index is 669. The van der Waals surface area contributed by atoms with Gasteiger partial charge >= 0.3 is 5.88 Å². The molecule has 0 aliphatic heterocycles. The molecule has 0 saturated carbocycles. The van der Waals surface area contributed by atoms with Crippen LogP contribution in [0.1, 0.15) is 5.56 Å². The molecule has 0 fully saturated rings. The van der Waals surface area contributed by atoms with Gasteiger partial charge in [-0.15, -0.1) is 0 Å². The summed E-state index contributed by atoms with van der Waals surface area (Å²) in [6, 6.07) is 3.94. The Morgan fingerprint density at radius 1 is 1.48 bits per heavy atom. The summed E-state index contributed by atoms with van der Waals surface area (Å²) in [7, 11) is 0. The average Bonchev–Trinajstić information content (AvgIpc) is 2.84. The molecule has 0 radical (unpaired) electrons. The number of phenolic OH excluding ortho intramolecular Hbond substituents is 2. The maximum atomic E-state index is 11.4. The summed E-state index contributed by atoms with van der Waals surface area (Å²) in [4.78, 5) is 11.4. The lowest BCUT2D eigenvalue weighted by molar-refractivity contribution is -0.123. The van der Waals surface area contributed by atoms with Crippen molar-refractivity contribution in [2.45, 2.75) is 0 Å². The maximum Gasteiger partial charge on any atom is 0.300 e. The predicted molar refractivity (Wildman–Crippen MR) is 69.7 cm³/mol. The van der Waals surface area contributed by atoms with Gasteiger partial charge in [-0.1, -0.05) is 0 Å². The van der Waals surface area contributed by atoms with Crippen LogP contribution in [-0.2, 0) is 4.79 Å². The number of rotatable bonds is 5. The predicted octanol–water partition coefficient (Wildman–Crippen LogP) is -0.408. The maximum absolute atomic E-state index is 11.4. The molecule has 110 valence electrons. The van der Waals surface area contributed by atoms with Gasteiger partial charge in [0.25, 0.3) is 5.91 Å². The quantitative estimate of drug-likeness (QED) is 0.428. The second-order valence-corrected chi connectivity index (χ2v) is 3.78. The molecule has 10 nitrogen and oxygen atoms in total. The Labute approximate surface area is 117 Å². The number of carbonyl (C=O) groups excluding carboxylic acids is 1. The van der Waals surface area contributed by atoms with E-state index in [1.54, 1.807) is 0 Å². The highest BCUT2D eigenvalue weighted by molar-refractivity contribution is 5.85. The molecular weight excluding hydrogens is 282 g/mol. The number of amides is 1. The zero-order valence-corrected chi connectivity index (χ0v) is 10.6. The number of nitrogens with zero attached hydrogens (tertiary/aromatic N) is 3. The molecule has 0 spiro atoms. The first-order valence-electron chi connectivity index (χ1n) is 5.61. The Hall–Kier alpha value is -3.30. The number of nitrogens with one attached hydrogen (secondary N) is 1. The number of nitrogens with two attached hydrogens (primary N) is 1. The summed E-state index contributed by atoms with van der Waals surface area (Å²) in [5.41, 5.74) is 7.82. The van der Waals surface area contributed by atoms with Crippen molar-refractivity contribution in [2.75, 3.05) is 12.3 Å². The molecule has 2 aromatic rings. The summed E-state index contributed by atoms with van der Waals surface area (Å²) < 4.78 is 9.20. The summed E-state index contributed by atoms with van der Waals surface area (Å²) in [5.74, 6) is -0.996. The minimum Gasteiger partial charge on any atom is -0.508 e. The Morgan fingerprint density at radius 2 is 2.29 bits per heavy atom. The minimum absolute atomic E-state index is 0.0692. The largest absolute Gasteiger partial charge is 0.508 e. The number of hydrogen-bond acceptors (Lipinski definition) is 9. The van der Waals surface area contributed by atoms with Gasteiger partial charge in [0.15, 0.2) is 6.61 Å². The van der Waals surface area contributed by atoms with Crippen molar-refractivity contribution in [3.63, 3.8) is 0 Å². The van der Waals surface area contributed by atoms with Crippen molar-refractivity contribution in [3.05, 3.63) is 23.8 Å². The van der Waals surface area contributed by atoms with Crippen LogP contribution in [0.15, 0.2) is 27.9 Å². The molecule has 0 atom stereocenters. The van der Waals surface area contributed by atoms with Crippen LogP contribution in [0, 0.1) is 0 Å². The van der Waals surface area contributed by atoms with Gasteiger partial charge in [0.1, 0.15) is 11.5 Å². The van der Waals surface area contributed by atoms with Crippen LogP contribution in [-0.4, -0.2) is 39.3 Å². The van der Waals surface area contributed by atoms with Crippen LogP contribution in [0.2, 0.25) is 0 Å². The lowest BCUT2D eigenvalue weighted by atomic mass is 10.2. The minimum atomic E-state index is -0.577. The molecule has 2 rings (SSSR count). The highest BCUT2D eigenvalue weighted by Crippen LogP contribution is 2.20. The smallest absolute Gasteiger partial charge is 0.300 e. The number of aromatic hydroxyl groups is 2. The average molecular weight is 293 g/mol. The number of anilines is 1. The zero-order valence-electron chi connectivity index (χ0n) is 10.6. The first-order valence-corrected chi connectivity index (χ1v) is 5.61. The van der Waals surface area contributed by atoms with Crippen molar-refractivity contribution >= 4 is 17.9 Å². The number of aromatic nitrogens is 2. The van der Waals surface area contributed by atoms with Gasteiger partial charge in [0.2, 0.25) is 5.82 Å². The van der Waals surface area contributed by atoms with E-state index in [0.717, 1.165) is 6.07 Å². The number of carbonyl (C=O) groups is 1. The van der Waals surface area contributed by atoms with Crippen molar-refractivity contribution < 1.29 is 24.4 Å². The number of nitrogen functional groups attached to an aromatic ring is 1. The summed E-state index contributed by atoms with van der Waals surface area (Å²) in [6.07, 6.45) is 1.21. The van der Waals surface area contributed by atoms with Crippen molar-refractivity contribution in [1.29, 1.82) is 0 Å². The molecule has 1 aromatic heterocycles. The third-order valence-corrected chi connectivity index (χ3v) is 2.23. The molecule has 0 bridgehead atoms. The number of ether oxygens (including phenoxy) is 1. The molecule has 0 aliphatic rings. The number of phenols is 2. The van der Waals surface area contributed by atoms with E-state index >= 15 is 0 Å². The van der Waals surface area contributed by atoms with E-state index in [1.807, 2.05) is 0 Å². The lowest BCUT2D eigenvalue weighted by Gasteiger charge is -2.01. The fourth-order valence-corrected chi connectivity index (χ4v) is 1.27. The molecule has 1 heterocycles. The van der Waals surface area contributed by atoms with Gasteiger partial charge in [-0.05, 0) is 22.4 Å². The fourth-order valence-electron chi connectivity index (χ4n) is 1.27. The van der Waals surface area contributed by atoms with Crippen LogP contribution in [0.4, 0.5) is 5.82 Å². The third kappa shape index (κ3) is 3.83. The molecule has 1 aromatic carbocycles. The van der Waals surface area contributed by atoms with Gasteiger partial charge < -0.3 is 20.7 Å². The number of hydrogen-bond donors (Lipinski definition) is 4. The summed E-state index contributed by atoms with van der Waals surface area (Å²) in [6.45, 7) is -0.392. The van der Waals surface area contributed by atoms with Crippen molar-refractivity contribution in [2.24, 2.45) is 5.10 Å². The Morgan fingerprint density at radius 3 is 2.95 bits per heavy atom. The Balaban J connectivity index is 1.83. The molecule has 0 saturated heterocycles. The van der Waals surface area contributed by atoms with Gasteiger partial charge in [-0.3, -0.25) is 4.79 Å². The summed E-state index contributed by atoms with van der Waals surface area (Å²) in [5, 5.41) is 28.8. The molecule has 5 N–H and O–H groups in total. The highest BCUT2D eigenvalue weighted by atomic mass is 16.6. The van der Waals surface area contributed by atoms with E-state index in [4.69, 9.17) is 15.6 Å². The molecule has 0 aliphatic carbocycles. The monoisotopic (exact) mass is 293 g/mol. The van der Waals surface area contributed by atoms with Crippen LogP contribution in [0.3, 0.4) is 0 Å². The van der Waals surface area contributed by atoms with Crippen LogP contribution in [0.5, 0.6) is 17.4 Å². The molecule has 1 amide bonds. The second-order valence-electron chi connectivity index (χ2n) is 3.78. The highest BCUT2D eigenvalue weighted by Gasteiger charge is 2.09. The van der Waals surface area contributed by atoms with Gasteiger partial charge in [0, 0.05) is 11.6 Å². The van der Waals surface area contributed by atoms with Crippen LogP contribution in [0.25, 0.3) is 0 Å². The Kier molecular flexibility index (Phi) is 4.19. The van der Waals surface area contributed by atoms with E-state index in [0.29, 0.717) is 5.56 Å². The number of hydrazone groups is 1. The summed E-state index contributed by atoms with van der Waals surface area (Å²) >= 11 is 0. The lowest BCUT2D eigenvalue weighted by Crippen LogP contribution is -2.24. The van der Waals surface area contributed by atoms with Gasteiger partial charge in [-0.25, -0.2) is 10.1 Å². The van der Waals surface area contributed by atoms with Crippen LogP contribution >= 0.6 is 0 Å². The topological polar surface area (TPSA) is 156 Å². The van der Waals surface area contributed by atoms with E-state index in [-0.39, 0.29) is 23.2 Å². The van der Waals surface area contributed by atoms with Gasteiger partial charge in [-0.2, -0.15) is 5.10 Å². The van der Waals surface area contributed by atoms with Crippen molar-refractivity contribution in [1.82, 2.24) is 15.7 Å². The SMILES string of the molecule is Nc1nonc1OCC(=O)N/N=C\c1ccc(O)cc1O. The molecule has 10 heteroatoms. The molecular formula is C11H11N5O5. The second kappa shape index (κ2) is 6.23. The van der Waals surface area contributed by atoms with Crippen LogP contribution < -0.4 is 15.9 Å². The van der Waals surface area contributed by atoms with E-state index < -0.39 is 12.5 Å². The first kappa shape index (κ1) is 14.1. The third-order valence-electron chi connectivity index (χ3n) is 2.23. The zero-order chi connectivity index (χ0) is 15.2. The number of benzene rings is 1. The standard InChI is InChI=1S/C11H11N5O5/c12-10-11(16-21-15-10)20-5-9(19)14-13-4-6-1-2-7(17)3-8(6)18/h1-4,17-18H,5H2,(H2,12,15)(H,14,19)/b13-4-. The fraction of sp³-hybridized carbons (Fsp3) is 0.0909. The van der Waals surface area contributed by atoms with Crippen molar-refractivity contribution in [3.8, 4) is 17.4 Å². The molecule has 0 unspecified atom stereocenters. The van der Waals surface area contributed by atoms with E-state index in [1.165, 1.54) is 18.3 Å². The normalized spacial score (nSPS) is 10.7. The molecule has 21 heavy (non-hydrogen) atoms. The van der Waals surface area contributed by atoms with E-state index in [2.05, 4.69) is 25.5 Å².